The number of ketones is 1. The van der Waals surface area contributed by atoms with Gasteiger partial charge in [0.25, 0.3) is 5.91 Å². The van der Waals surface area contributed by atoms with E-state index in [0.29, 0.717) is 44.7 Å². The van der Waals surface area contributed by atoms with Crippen LogP contribution >= 0.6 is 0 Å². The lowest BCUT2D eigenvalue weighted by Crippen LogP contribution is -2.55. The zero-order chi connectivity index (χ0) is 29.3. The number of fused-ring (bicyclic) bond motifs is 1. The molecule has 0 saturated carbocycles. The van der Waals surface area contributed by atoms with Crippen LogP contribution in [0.4, 0.5) is 0 Å². The Morgan fingerprint density at radius 2 is 1.75 bits per heavy atom. The summed E-state index contributed by atoms with van der Waals surface area (Å²) in [6.07, 6.45) is 2.72. The summed E-state index contributed by atoms with van der Waals surface area (Å²) in [5, 5.41) is 11.4. The van der Waals surface area contributed by atoms with Crippen LogP contribution < -0.4 is 16.0 Å². The Hall–Kier alpha value is -3.26. The molecule has 1 fully saturated rings. The number of Topliss-reactive ketones (excluding diaryl/α,β-unsaturated/α-hetero) is 1. The monoisotopic (exact) mass is 550 g/mol. The molecule has 1 aliphatic rings. The number of nitrogens with one attached hydrogen (secondary N) is 3. The number of benzene rings is 2. The largest absolute Gasteiger partial charge is 0.354 e. The number of nitrogens with zero attached hydrogens (tertiary/aromatic N) is 1. The zero-order valence-corrected chi connectivity index (χ0v) is 24.7. The Balaban J connectivity index is 1.72. The summed E-state index contributed by atoms with van der Waals surface area (Å²) in [5.41, 5.74) is 0.139. The number of hydrogen-bond donors (Lipinski definition) is 3. The smallest absolute Gasteiger partial charge is 0.291 e. The van der Waals surface area contributed by atoms with E-state index in [4.69, 9.17) is 0 Å². The molecule has 2 aromatic carbocycles. The van der Waals surface area contributed by atoms with Crippen molar-refractivity contribution < 1.29 is 19.2 Å². The second-order valence-corrected chi connectivity index (χ2v) is 11.9. The van der Waals surface area contributed by atoms with E-state index in [-0.39, 0.29) is 5.91 Å². The van der Waals surface area contributed by atoms with Crippen molar-refractivity contribution in [3.05, 3.63) is 48.0 Å². The van der Waals surface area contributed by atoms with Gasteiger partial charge < -0.3 is 20.9 Å². The number of carbonyl (C=O) groups excluding carboxylic acids is 4. The summed E-state index contributed by atoms with van der Waals surface area (Å²) in [6, 6.07) is 12.5. The third-order valence-corrected chi connectivity index (χ3v) is 7.78. The van der Waals surface area contributed by atoms with E-state index in [1.165, 1.54) is 4.90 Å². The number of rotatable bonds is 14. The van der Waals surface area contributed by atoms with Crippen molar-refractivity contribution in [1.29, 1.82) is 0 Å². The third-order valence-electron chi connectivity index (χ3n) is 7.78. The van der Waals surface area contributed by atoms with E-state index >= 15 is 0 Å². The molecule has 0 bridgehead atoms. The van der Waals surface area contributed by atoms with Crippen LogP contribution in [0.1, 0.15) is 65.9 Å². The summed E-state index contributed by atoms with van der Waals surface area (Å²) in [5.74, 6) is -1.20. The van der Waals surface area contributed by atoms with Gasteiger partial charge in [-0.05, 0) is 61.0 Å². The zero-order valence-electron chi connectivity index (χ0n) is 24.7. The van der Waals surface area contributed by atoms with Crippen LogP contribution in [0, 0.1) is 11.3 Å². The predicted molar refractivity (Wildman–Crippen MR) is 159 cm³/mol. The fraction of sp³-hybridized carbons (Fsp3) is 0.562. The first-order valence-electron chi connectivity index (χ1n) is 14.7. The first-order chi connectivity index (χ1) is 19.0. The van der Waals surface area contributed by atoms with Gasteiger partial charge in [0.05, 0.1) is 0 Å². The second-order valence-electron chi connectivity index (χ2n) is 11.9. The average Bonchev–Trinajstić information content (AvgIpc) is 3.43. The van der Waals surface area contributed by atoms with Crippen molar-refractivity contribution in [2.24, 2.45) is 11.3 Å². The average molecular weight is 551 g/mol. The molecule has 1 aliphatic heterocycles. The highest BCUT2D eigenvalue weighted by Crippen LogP contribution is 2.26. The molecule has 8 nitrogen and oxygen atoms in total. The van der Waals surface area contributed by atoms with Crippen molar-refractivity contribution in [2.75, 3.05) is 26.2 Å². The number of hydrogen-bond acceptors (Lipinski definition) is 5. The highest BCUT2D eigenvalue weighted by molar-refractivity contribution is 6.38. The SMILES string of the molecule is CCC(C)(C)C(=O)C(=O)N1CCC[C@H]1C(=O)N[C@H](Cc1ccc2ccccc2c1)C(=O)NCCCNCC(C)C. The fourth-order valence-corrected chi connectivity index (χ4v) is 4.88. The van der Waals surface area contributed by atoms with Crippen LogP contribution in [0.5, 0.6) is 0 Å². The topological polar surface area (TPSA) is 108 Å². The van der Waals surface area contributed by atoms with Gasteiger partial charge >= 0.3 is 0 Å². The predicted octanol–water partition coefficient (Wildman–Crippen LogP) is 3.62. The number of likely N-dealkylation sites (tertiary alicyclic amines) is 1. The molecule has 218 valence electrons. The lowest BCUT2D eigenvalue weighted by Gasteiger charge is -2.29. The normalized spacial score (nSPS) is 16.2. The van der Waals surface area contributed by atoms with E-state index < -0.39 is 35.1 Å². The summed E-state index contributed by atoms with van der Waals surface area (Å²) in [6.45, 7) is 12.2. The molecule has 3 N–H and O–H groups in total. The van der Waals surface area contributed by atoms with Gasteiger partial charge in [0.2, 0.25) is 17.6 Å². The summed E-state index contributed by atoms with van der Waals surface area (Å²) < 4.78 is 0. The van der Waals surface area contributed by atoms with E-state index in [1.54, 1.807) is 13.8 Å². The van der Waals surface area contributed by atoms with Crippen molar-refractivity contribution in [1.82, 2.24) is 20.9 Å². The quantitative estimate of drug-likeness (QED) is 0.246. The maximum Gasteiger partial charge on any atom is 0.291 e. The first kappa shape index (κ1) is 31.3. The highest BCUT2D eigenvalue weighted by Gasteiger charge is 2.41. The molecule has 0 aromatic heterocycles. The lowest BCUT2D eigenvalue weighted by atomic mass is 9.84. The van der Waals surface area contributed by atoms with Crippen LogP contribution in [0.25, 0.3) is 10.8 Å². The molecular weight excluding hydrogens is 504 g/mol. The molecule has 3 amide bonds. The Labute approximate surface area is 238 Å². The van der Waals surface area contributed by atoms with E-state index in [0.717, 1.165) is 35.8 Å². The minimum Gasteiger partial charge on any atom is -0.354 e. The highest BCUT2D eigenvalue weighted by atomic mass is 16.2. The molecule has 0 radical (unpaired) electrons. The molecule has 0 unspecified atom stereocenters. The standard InChI is InChI=1S/C32H46N4O4/c1-6-32(4,5)28(37)31(40)36-18-9-13-27(36)30(39)35-26(29(38)34-17-10-16-33-21-22(2)3)20-23-14-15-24-11-7-8-12-25(24)19-23/h7-8,11-12,14-15,19,22,26-27,33H,6,9-10,13,16-18,20-21H2,1-5H3,(H,34,38)(H,35,39)/t26-,27+/m1/s1. The Morgan fingerprint density at radius 1 is 1.02 bits per heavy atom. The number of carbonyl (C=O) groups is 4. The molecule has 40 heavy (non-hydrogen) atoms. The molecule has 1 heterocycles. The Morgan fingerprint density at radius 3 is 2.45 bits per heavy atom. The van der Waals surface area contributed by atoms with Crippen molar-refractivity contribution in [3.8, 4) is 0 Å². The van der Waals surface area contributed by atoms with Gasteiger partial charge in [0.15, 0.2) is 0 Å². The molecule has 2 atom stereocenters. The van der Waals surface area contributed by atoms with Gasteiger partial charge in [0, 0.05) is 24.9 Å². The summed E-state index contributed by atoms with van der Waals surface area (Å²) in [4.78, 5) is 54.1. The van der Waals surface area contributed by atoms with Gasteiger partial charge in [-0.15, -0.1) is 0 Å². The maximum absolute atomic E-state index is 13.5. The minimum absolute atomic E-state index is 0.260. The molecular formula is C32H46N4O4. The third kappa shape index (κ3) is 8.37. The van der Waals surface area contributed by atoms with Crippen LogP contribution in [-0.4, -0.2) is 66.7 Å². The van der Waals surface area contributed by atoms with Gasteiger partial charge in [-0.1, -0.05) is 77.1 Å². The molecule has 0 spiro atoms. The van der Waals surface area contributed by atoms with Crippen LogP contribution in [0.3, 0.4) is 0 Å². The van der Waals surface area contributed by atoms with Crippen LogP contribution in [0.2, 0.25) is 0 Å². The van der Waals surface area contributed by atoms with E-state index in [1.807, 2.05) is 49.4 Å². The second kappa shape index (κ2) is 14.4. The molecule has 8 heteroatoms. The molecule has 1 saturated heterocycles. The van der Waals surface area contributed by atoms with Crippen molar-refractivity contribution >= 4 is 34.3 Å². The maximum atomic E-state index is 13.5. The van der Waals surface area contributed by atoms with Gasteiger partial charge in [-0.3, -0.25) is 19.2 Å². The van der Waals surface area contributed by atoms with Crippen LogP contribution in [-0.2, 0) is 25.6 Å². The fourth-order valence-electron chi connectivity index (χ4n) is 4.88. The lowest BCUT2D eigenvalue weighted by molar-refractivity contribution is -0.151. The Bertz CT molecular complexity index is 1190. The van der Waals surface area contributed by atoms with Crippen molar-refractivity contribution in [2.45, 2.75) is 78.8 Å². The van der Waals surface area contributed by atoms with E-state index in [9.17, 15) is 19.2 Å². The number of amides is 3. The molecule has 3 rings (SSSR count). The first-order valence-corrected chi connectivity index (χ1v) is 14.7. The molecule has 0 aliphatic carbocycles. The summed E-state index contributed by atoms with van der Waals surface area (Å²) >= 11 is 0. The minimum atomic E-state index is -0.808. The van der Waals surface area contributed by atoms with Crippen molar-refractivity contribution in [3.63, 3.8) is 0 Å². The summed E-state index contributed by atoms with van der Waals surface area (Å²) in [7, 11) is 0. The van der Waals surface area contributed by atoms with Gasteiger partial charge in [-0.2, -0.15) is 0 Å². The Kier molecular flexibility index (Phi) is 11.3. The van der Waals surface area contributed by atoms with Crippen LogP contribution in [0.15, 0.2) is 42.5 Å². The van der Waals surface area contributed by atoms with Gasteiger partial charge in [-0.25, -0.2) is 0 Å². The molecule has 2 aromatic rings. The van der Waals surface area contributed by atoms with Gasteiger partial charge in [0.1, 0.15) is 12.1 Å². The van der Waals surface area contributed by atoms with E-state index in [2.05, 4.69) is 29.8 Å².